The van der Waals surface area contributed by atoms with Crippen molar-refractivity contribution in [1.29, 1.82) is 0 Å². The van der Waals surface area contributed by atoms with Crippen molar-refractivity contribution in [2.75, 3.05) is 14.2 Å². The summed E-state index contributed by atoms with van der Waals surface area (Å²) in [6.07, 6.45) is 0.239. The van der Waals surface area contributed by atoms with E-state index >= 15 is 0 Å². The van der Waals surface area contributed by atoms with Gasteiger partial charge in [-0.1, -0.05) is 15.9 Å². The highest BCUT2D eigenvalue weighted by Gasteiger charge is 2.22. The molecule has 0 bridgehead atoms. The fourth-order valence-corrected chi connectivity index (χ4v) is 2.73. The SMILES string of the molecule is CNC(=O)CC(N)c1c(C)c(Br)c(C)c(C)c1OC. The number of rotatable bonds is 4. The van der Waals surface area contributed by atoms with Crippen molar-refractivity contribution in [3.63, 3.8) is 0 Å². The van der Waals surface area contributed by atoms with Crippen molar-refractivity contribution in [1.82, 2.24) is 5.32 Å². The lowest BCUT2D eigenvalue weighted by atomic mass is 9.93. The van der Waals surface area contributed by atoms with Gasteiger partial charge in [-0.15, -0.1) is 0 Å². The molecule has 0 spiro atoms. The van der Waals surface area contributed by atoms with E-state index in [-0.39, 0.29) is 18.4 Å². The van der Waals surface area contributed by atoms with Gasteiger partial charge in [0.25, 0.3) is 0 Å². The maximum Gasteiger partial charge on any atom is 0.221 e. The van der Waals surface area contributed by atoms with Crippen molar-refractivity contribution < 1.29 is 9.53 Å². The number of carbonyl (C=O) groups is 1. The third-order valence-corrected chi connectivity index (χ3v) is 4.66. The average Bonchev–Trinajstić information content (AvgIpc) is 2.39. The first kappa shape index (κ1) is 16.0. The van der Waals surface area contributed by atoms with Crippen LogP contribution in [0, 0.1) is 20.8 Å². The van der Waals surface area contributed by atoms with Crippen LogP contribution in [0.5, 0.6) is 5.75 Å². The number of nitrogens with two attached hydrogens (primary N) is 1. The summed E-state index contributed by atoms with van der Waals surface area (Å²) >= 11 is 3.58. The minimum Gasteiger partial charge on any atom is -0.496 e. The summed E-state index contributed by atoms with van der Waals surface area (Å²) in [7, 11) is 3.24. The summed E-state index contributed by atoms with van der Waals surface area (Å²) in [5.74, 6) is 0.693. The first-order valence-electron chi connectivity index (χ1n) is 6.14. The molecule has 0 saturated carbocycles. The fraction of sp³-hybridized carbons (Fsp3) is 0.500. The minimum absolute atomic E-state index is 0.0803. The first-order valence-corrected chi connectivity index (χ1v) is 6.93. The van der Waals surface area contributed by atoms with E-state index in [0.717, 1.165) is 32.5 Å². The van der Waals surface area contributed by atoms with Crippen molar-refractivity contribution in [2.24, 2.45) is 5.73 Å². The highest BCUT2D eigenvalue weighted by atomic mass is 79.9. The third-order valence-electron chi connectivity index (χ3n) is 3.47. The molecule has 1 unspecified atom stereocenters. The summed E-state index contributed by atoms with van der Waals surface area (Å²) in [5.41, 5.74) is 10.3. The normalized spacial score (nSPS) is 12.2. The lowest BCUT2D eigenvalue weighted by molar-refractivity contribution is -0.120. The minimum atomic E-state index is -0.384. The number of nitrogens with one attached hydrogen (secondary N) is 1. The Labute approximate surface area is 122 Å². The summed E-state index contributed by atoms with van der Waals surface area (Å²) < 4.78 is 6.52. The molecule has 106 valence electrons. The van der Waals surface area contributed by atoms with Crippen LogP contribution in [0.1, 0.15) is 34.7 Å². The van der Waals surface area contributed by atoms with Crippen LogP contribution in [0.2, 0.25) is 0 Å². The molecule has 1 aromatic rings. The Balaban J connectivity index is 3.37. The predicted molar refractivity (Wildman–Crippen MR) is 80.5 cm³/mol. The highest BCUT2D eigenvalue weighted by molar-refractivity contribution is 9.10. The summed E-state index contributed by atoms with van der Waals surface area (Å²) in [6, 6.07) is -0.384. The summed E-state index contributed by atoms with van der Waals surface area (Å²) in [5, 5.41) is 2.59. The zero-order valence-corrected chi connectivity index (χ0v) is 13.6. The largest absolute Gasteiger partial charge is 0.496 e. The van der Waals surface area contributed by atoms with Crippen LogP contribution in [0.3, 0.4) is 0 Å². The smallest absolute Gasteiger partial charge is 0.221 e. The topological polar surface area (TPSA) is 64.4 Å². The number of carbonyl (C=O) groups excluding carboxylic acids is 1. The predicted octanol–water partition coefficient (Wildman–Crippen LogP) is 2.52. The quantitative estimate of drug-likeness (QED) is 0.892. The number of hydrogen-bond donors (Lipinski definition) is 2. The second-order valence-corrected chi connectivity index (χ2v) is 5.41. The Kier molecular flexibility index (Phi) is 5.38. The molecule has 0 fully saturated rings. The van der Waals surface area contributed by atoms with Gasteiger partial charge < -0.3 is 15.8 Å². The molecule has 1 atom stereocenters. The monoisotopic (exact) mass is 328 g/mol. The number of benzene rings is 1. The van der Waals surface area contributed by atoms with Crippen molar-refractivity contribution in [2.45, 2.75) is 33.2 Å². The number of amides is 1. The van der Waals surface area contributed by atoms with E-state index < -0.39 is 0 Å². The molecule has 5 heteroatoms. The lowest BCUT2D eigenvalue weighted by Crippen LogP contribution is -2.25. The van der Waals surface area contributed by atoms with Gasteiger partial charge >= 0.3 is 0 Å². The highest BCUT2D eigenvalue weighted by Crippen LogP contribution is 2.39. The molecule has 0 aliphatic rings. The molecule has 19 heavy (non-hydrogen) atoms. The second kappa shape index (κ2) is 6.39. The van der Waals surface area contributed by atoms with Crippen molar-refractivity contribution >= 4 is 21.8 Å². The molecule has 0 radical (unpaired) electrons. The van der Waals surface area contributed by atoms with Crippen molar-refractivity contribution in [3.05, 3.63) is 26.7 Å². The van der Waals surface area contributed by atoms with Crippen LogP contribution in [0.4, 0.5) is 0 Å². The fourth-order valence-electron chi connectivity index (χ4n) is 2.22. The van der Waals surface area contributed by atoms with Gasteiger partial charge in [-0.25, -0.2) is 0 Å². The maximum atomic E-state index is 11.5. The van der Waals surface area contributed by atoms with E-state index in [9.17, 15) is 4.79 Å². The molecule has 0 aliphatic heterocycles. The Morgan fingerprint density at radius 1 is 1.32 bits per heavy atom. The number of methoxy groups -OCH3 is 1. The molecule has 0 aromatic heterocycles. The number of hydrogen-bond acceptors (Lipinski definition) is 3. The second-order valence-electron chi connectivity index (χ2n) is 4.62. The van der Waals surface area contributed by atoms with Gasteiger partial charge in [0.05, 0.1) is 7.11 Å². The van der Waals surface area contributed by atoms with Gasteiger partial charge in [-0.3, -0.25) is 4.79 Å². The molecule has 0 aliphatic carbocycles. The molecule has 3 N–H and O–H groups in total. The first-order chi connectivity index (χ1) is 8.84. The van der Waals surface area contributed by atoms with E-state index in [4.69, 9.17) is 10.5 Å². The van der Waals surface area contributed by atoms with Crippen LogP contribution in [0.25, 0.3) is 0 Å². The molecule has 0 saturated heterocycles. The standard InChI is InChI=1S/C14H21BrN2O2/c1-7-8(2)14(19-5)12(9(3)13(7)15)10(16)6-11(18)17-4/h10H,6,16H2,1-5H3,(H,17,18). The third kappa shape index (κ3) is 3.09. The van der Waals surface area contributed by atoms with E-state index in [1.54, 1.807) is 14.2 Å². The average molecular weight is 329 g/mol. The van der Waals surface area contributed by atoms with E-state index in [1.165, 1.54) is 0 Å². The molecule has 4 nitrogen and oxygen atoms in total. The van der Waals surface area contributed by atoms with Crippen LogP contribution < -0.4 is 15.8 Å². The molecular formula is C14H21BrN2O2. The van der Waals surface area contributed by atoms with Gasteiger partial charge in [0.2, 0.25) is 5.91 Å². The van der Waals surface area contributed by atoms with E-state index in [2.05, 4.69) is 21.2 Å². The van der Waals surface area contributed by atoms with Crippen LogP contribution >= 0.6 is 15.9 Å². The Morgan fingerprint density at radius 2 is 1.89 bits per heavy atom. The lowest BCUT2D eigenvalue weighted by Gasteiger charge is -2.22. The molecule has 1 rings (SSSR count). The molecule has 0 heterocycles. The zero-order valence-electron chi connectivity index (χ0n) is 12.1. The van der Waals surface area contributed by atoms with Gasteiger partial charge in [-0.05, 0) is 37.5 Å². The molecular weight excluding hydrogens is 308 g/mol. The van der Waals surface area contributed by atoms with Gasteiger partial charge in [-0.2, -0.15) is 0 Å². The van der Waals surface area contributed by atoms with Crippen LogP contribution in [-0.4, -0.2) is 20.1 Å². The number of halogens is 1. The summed E-state index contributed by atoms with van der Waals surface area (Å²) in [6.45, 7) is 6.01. The van der Waals surface area contributed by atoms with Gasteiger partial charge in [0.1, 0.15) is 5.75 Å². The number of ether oxygens (including phenoxy) is 1. The Morgan fingerprint density at radius 3 is 2.37 bits per heavy atom. The van der Waals surface area contributed by atoms with Crippen LogP contribution in [-0.2, 0) is 4.79 Å². The van der Waals surface area contributed by atoms with Gasteiger partial charge in [0.15, 0.2) is 0 Å². The molecule has 1 amide bonds. The van der Waals surface area contributed by atoms with Crippen LogP contribution in [0.15, 0.2) is 4.47 Å². The zero-order chi connectivity index (χ0) is 14.7. The van der Waals surface area contributed by atoms with Gasteiger partial charge in [0, 0.05) is 29.5 Å². The maximum absolute atomic E-state index is 11.5. The van der Waals surface area contributed by atoms with E-state index in [0.29, 0.717) is 0 Å². The Hall–Kier alpha value is -1.07. The van der Waals surface area contributed by atoms with E-state index in [1.807, 2.05) is 20.8 Å². The summed E-state index contributed by atoms with van der Waals surface area (Å²) in [4.78, 5) is 11.5. The van der Waals surface area contributed by atoms with Crippen molar-refractivity contribution in [3.8, 4) is 5.75 Å². The Bertz CT molecular complexity index is 501. The molecule has 1 aromatic carbocycles.